The summed E-state index contributed by atoms with van der Waals surface area (Å²) in [5.41, 5.74) is 5.30. The van der Waals surface area contributed by atoms with Crippen molar-refractivity contribution in [3.63, 3.8) is 0 Å². The molecule has 0 saturated heterocycles. The lowest BCUT2D eigenvalue weighted by Gasteiger charge is -2.06. The van der Waals surface area contributed by atoms with E-state index in [1.807, 2.05) is 0 Å². The molecule has 98 valence electrons. The van der Waals surface area contributed by atoms with Crippen LogP contribution in [-0.4, -0.2) is 29.7 Å². The van der Waals surface area contributed by atoms with Crippen LogP contribution < -0.4 is 11.1 Å². The first-order valence-corrected chi connectivity index (χ1v) is 5.89. The first-order chi connectivity index (χ1) is 8.66. The fraction of sp³-hybridized carbons (Fsp3) is 0.545. The molecule has 0 spiro atoms. The molecule has 3 N–H and O–H groups in total. The van der Waals surface area contributed by atoms with Crippen LogP contribution in [0.1, 0.15) is 12.8 Å². The van der Waals surface area contributed by atoms with Crippen molar-refractivity contribution >= 4 is 17.3 Å². The Morgan fingerprint density at radius 1 is 1.56 bits per heavy atom. The minimum Gasteiger partial charge on any atom is -0.379 e. The highest BCUT2D eigenvalue weighted by molar-refractivity contribution is 5.57. The van der Waals surface area contributed by atoms with E-state index in [0.717, 1.165) is 12.5 Å². The van der Waals surface area contributed by atoms with Gasteiger partial charge in [-0.05, 0) is 24.8 Å². The highest BCUT2D eigenvalue weighted by Crippen LogP contribution is 2.28. The Bertz CT molecular complexity index is 434. The number of anilines is 2. The summed E-state index contributed by atoms with van der Waals surface area (Å²) < 4.78 is 5.44. The topological polar surface area (TPSA) is 103 Å². The summed E-state index contributed by atoms with van der Waals surface area (Å²) in [5, 5.41) is 13.6. The second-order valence-electron chi connectivity index (χ2n) is 4.30. The third-order valence-corrected chi connectivity index (χ3v) is 2.70. The average Bonchev–Trinajstić information content (AvgIpc) is 3.12. The maximum atomic E-state index is 10.5. The molecule has 7 nitrogen and oxygen atoms in total. The number of nitrogens with zero attached hydrogens (tertiary/aromatic N) is 2. The zero-order valence-corrected chi connectivity index (χ0v) is 9.96. The van der Waals surface area contributed by atoms with Crippen LogP contribution in [0.3, 0.4) is 0 Å². The van der Waals surface area contributed by atoms with Gasteiger partial charge in [-0.2, -0.15) is 0 Å². The van der Waals surface area contributed by atoms with Gasteiger partial charge in [0.1, 0.15) is 5.82 Å². The smallest absolute Gasteiger partial charge is 0.311 e. The number of nitrogens with two attached hydrogens (primary N) is 1. The fourth-order valence-corrected chi connectivity index (χ4v) is 1.51. The molecule has 1 saturated carbocycles. The first-order valence-electron chi connectivity index (χ1n) is 5.89. The summed E-state index contributed by atoms with van der Waals surface area (Å²) in [7, 11) is 0. The molecule has 1 fully saturated rings. The molecule has 0 aliphatic heterocycles. The number of nitrogens with one attached hydrogen (secondary N) is 1. The lowest BCUT2D eigenvalue weighted by molar-refractivity contribution is -0.384. The van der Waals surface area contributed by atoms with Crippen LogP contribution in [0.5, 0.6) is 0 Å². The van der Waals surface area contributed by atoms with E-state index in [9.17, 15) is 10.1 Å². The van der Waals surface area contributed by atoms with E-state index in [4.69, 9.17) is 10.5 Å². The summed E-state index contributed by atoms with van der Waals surface area (Å²) in [6.45, 7) is 2.02. The normalized spacial score (nSPS) is 14.4. The molecule has 0 unspecified atom stereocenters. The van der Waals surface area contributed by atoms with Crippen LogP contribution in [0.25, 0.3) is 0 Å². The molecule has 0 radical (unpaired) electrons. The van der Waals surface area contributed by atoms with Crippen LogP contribution in [0.2, 0.25) is 0 Å². The third kappa shape index (κ3) is 3.56. The number of aromatic nitrogens is 1. The van der Waals surface area contributed by atoms with Gasteiger partial charge in [0, 0.05) is 19.2 Å². The SMILES string of the molecule is Nc1nc(NCCOCC2CC2)ccc1[N+](=O)[O-]. The van der Waals surface area contributed by atoms with Crippen molar-refractivity contribution in [2.24, 2.45) is 5.92 Å². The summed E-state index contributed by atoms with van der Waals surface area (Å²) in [6.07, 6.45) is 2.54. The number of rotatable bonds is 7. The van der Waals surface area contributed by atoms with Crippen LogP contribution in [0.4, 0.5) is 17.3 Å². The molecule has 1 aliphatic carbocycles. The molecular weight excluding hydrogens is 236 g/mol. The van der Waals surface area contributed by atoms with E-state index < -0.39 is 4.92 Å². The van der Waals surface area contributed by atoms with Crippen molar-refractivity contribution < 1.29 is 9.66 Å². The lowest BCUT2D eigenvalue weighted by atomic mass is 10.4. The van der Waals surface area contributed by atoms with Gasteiger partial charge in [0.2, 0.25) is 5.82 Å². The van der Waals surface area contributed by atoms with Crippen LogP contribution in [-0.2, 0) is 4.74 Å². The zero-order valence-electron chi connectivity index (χ0n) is 9.96. The molecule has 7 heteroatoms. The largest absolute Gasteiger partial charge is 0.379 e. The second kappa shape index (κ2) is 5.63. The predicted molar refractivity (Wildman–Crippen MR) is 67.3 cm³/mol. The summed E-state index contributed by atoms with van der Waals surface area (Å²) in [5.74, 6) is 1.19. The minimum atomic E-state index is -0.551. The quantitative estimate of drug-likeness (QED) is 0.432. The van der Waals surface area contributed by atoms with Gasteiger partial charge >= 0.3 is 5.69 Å². The number of ether oxygens (including phenoxy) is 1. The Morgan fingerprint density at radius 2 is 2.33 bits per heavy atom. The Morgan fingerprint density at radius 3 is 2.94 bits per heavy atom. The van der Waals surface area contributed by atoms with Crippen molar-refractivity contribution in [2.45, 2.75) is 12.8 Å². The average molecular weight is 252 g/mol. The molecule has 1 heterocycles. The number of nitrogen functional groups attached to an aromatic ring is 1. The molecule has 1 aromatic rings. The molecule has 1 aromatic heterocycles. The standard InChI is InChI=1S/C11H16N4O3/c12-11-9(15(16)17)3-4-10(14-11)13-5-6-18-7-8-1-2-8/h3-4,8H,1-2,5-7H2,(H3,12,13,14). The monoisotopic (exact) mass is 252 g/mol. The molecule has 18 heavy (non-hydrogen) atoms. The molecule has 0 aromatic carbocycles. The molecule has 0 bridgehead atoms. The van der Waals surface area contributed by atoms with Crippen molar-refractivity contribution in [1.29, 1.82) is 0 Å². The number of hydrogen-bond donors (Lipinski definition) is 2. The fourth-order valence-electron chi connectivity index (χ4n) is 1.51. The van der Waals surface area contributed by atoms with Crippen molar-refractivity contribution in [3.05, 3.63) is 22.2 Å². The summed E-state index contributed by atoms with van der Waals surface area (Å²) in [4.78, 5) is 13.9. The van der Waals surface area contributed by atoms with Gasteiger partial charge < -0.3 is 15.8 Å². The maximum absolute atomic E-state index is 10.5. The van der Waals surface area contributed by atoms with E-state index in [1.54, 1.807) is 0 Å². The van der Waals surface area contributed by atoms with Crippen molar-refractivity contribution in [2.75, 3.05) is 30.8 Å². The molecular formula is C11H16N4O3. The van der Waals surface area contributed by atoms with Gasteiger partial charge in [0.25, 0.3) is 0 Å². The first kappa shape index (κ1) is 12.6. The van der Waals surface area contributed by atoms with Crippen molar-refractivity contribution in [3.8, 4) is 0 Å². The zero-order chi connectivity index (χ0) is 13.0. The van der Waals surface area contributed by atoms with Gasteiger partial charge in [-0.3, -0.25) is 10.1 Å². The van der Waals surface area contributed by atoms with Gasteiger partial charge in [0.05, 0.1) is 11.5 Å². The predicted octanol–water partition coefficient (Wildman–Crippen LogP) is 1.41. The Kier molecular flexibility index (Phi) is 3.93. The van der Waals surface area contributed by atoms with E-state index in [2.05, 4.69) is 10.3 Å². The van der Waals surface area contributed by atoms with E-state index in [-0.39, 0.29) is 11.5 Å². The molecule has 2 rings (SSSR count). The van der Waals surface area contributed by atoms with Crippen LogP contribution in [0.15, 0.2) is 12.1 Å². The van der Waals surface area contributed by atoms with Crippen LogP contribution in [0, 0.1) is 16.0 Å². The van der Waals surface area contributed by atoms with E-state index in [1.165, 1.54) is 25.0 Å². The van der Waals surface area contributed by atoms with E-state index in [0.29, 0.717) is 19.0 Å². The summed E-state index contributed by atoms with van der Waals surface area (Å²) >= 11 is 0. The second-order valence-corrected chi connectivity index (χ2v) is 4.30. The lowest BCUT2D eigenvalue weighted by Crippen LogP contribution is -2.12. The maximum Gasteiger partial charge on any atom is 0.311 e. The van der Waals surface area contributed by atoms with Crippen molar-refractivity contribution in [1.82, 2.24) is 4.98 Å². The molecule has 1 aliphatic rings. The number of pyridine rings is 1. The number of nitro groups is 1. The Balaban J connectivity index is 1.74. The molecule has 0 atom stereocenters. The van der Waals surface area contributed by atoms with E-state index >= 15 is 0 Å². The highest BCUT2D eigenvalue weighted by Gasteiger charge is 2.20. The van der Waals surface area contributed by atoms with Gasteiger partial charge in [-0.1, -0.05) is 0 Å². The summed E-state index contributed by atoms with van der Waals surface area (Å²) in [6, 6.07) is 2.88. The molecule has 0 amide bonds. The minimum absolute atomic E-state index is 0.0797. The van der Waals surface area contributed by atoms with Gasteiger partial charge in [0.15, 0.2) is 0 Å². The number of hydrogen-bond acceptors (Lipinski definition) is 6. The Hall–Kier alpha value is -1.89. The highest BCUT2D eigenvalue weighted by atomic mass is 16.6. The van der Waals surface area contributed by atoms with Gasteiger partial charge in [-0.15, -0.1) is 0 Å². The third-order valence-electron chi connectivity index (χ3n) is 2.70. The van der Waals surface area contributed by atoms with Crippen LogP contribution >= 0.6 is 0 Å². The Labute approximate surface area is 104 Å². The van der Waals surface area contributed by atoms with Gasteiger partial charge in [-0.25, -0.2) is 4.98 Å².